The maximum atomic E-state index is 5.42. The van der Waals surface area contributed by atoms with Crippen molar-refractivity contribution in [2.75, 3.05) is 4.90 Å². The van der Waals surface area contributed by atoms with Crippen LogP contribution in [-0.2, 0) is 5.41 Å². The average molecular weight is 680 g/mol. The fourth-order valence-corrected chi connectivity index (χ4v) is 8.49. The zero-order valence-electron chi connectivity index (χ0n) is 29.7. The number of aromatic nitrogens is 2. The Morgan fingerprint density at radius 2 is 1.09 bits per heavy atom. The zero-order chi connectivity index (χ0) is 35.5. The molecule has 0 saturated heterocycles. The maximum Gasteiger partial charge on any atom is 0.101 e. The highest BCUT2D eigenvalue weighted by atomic mass is 15.2. The van der Waals surface area contributed by atoms with Gasteiger partial charge < -0.3 is 4.90 Å². The van der Waals surface area contributed by atoms with Crippen LogP contribution in [-0.4, -0.2) is 9.61 Å². The van der Waals surface area contributed by atoms with E-state index in [0.29, 0.717) is 0 Å². The summed E-state index contributed by atoms with van der Waals surface area (Å²) < 4.78 is 2.17. The second kappa shape index (κ2) is 12.2. The molecule has 0 N–H and O–H groups in total. The van der Waals surface area contributed by atoms with Gasteiger partial charge in [-0.1, -0.05) is 166 Å². The predicted octanol–water partition coefficient (Wildman–Crippen LogP) is 13.3. The SMILES string of the molecule is CC1(C)c2ccccc2-c2c(N(c3ccccc3)c3ccc4c(c3)cc(-c3ccccc3)n3nc(-c5ccccc5)c(-c5ccccc5)c43)cccc21. The molecule has 1 aliphatic rings. The quantitative estimate of drug-likeness (QED) is 0.174. The van der Waals surface area contributed by atoms with Gasteiger partial charge in [-0.05, 0) is 64.0 Å². The molecular formula is C50H37N3. The summed E-state index contributed by atoms with van der Waals surface area (Å²) in [6, 6.07) is 67.7. The van der Waals surface area contributed by atoms with Gasteiger partial charge in [0.1, 0.15) is 5.69 Å². The molecule has 252 valence electrons. The standard InChI is InChI=1S/C50H37N3/c1-50(2)42-27-16-15-26-41(42)47-43(50)28-17-29-44(47)52(38-24-13-6-14-25-38)39-30-31-40-37(32-39)33-45(34-18-7-3-8-19-34)53-49(40)46(35-20-9-4-10-21-35)48(51-53)36-22-11-5-12-23-36/h3-33H,1-2H3. The van der Waals surface area contributed by atoms with E-state index < -0.39 is 0 Å². The van der Waals surface area contributed by atoms with Crippen molar-refractivity contribution >= 4 is 33.4 Å². The van der Waals surface area contributed by atoms with Gasteiger partial charge in [0.25, 0.3) is 0 Å². The lowest BCUT2D eigenvalue weighted by molar-refractivity contribution is 0.660. The fraction of sp³-hybridized carbons (Fsp3) is 0.0600. The van der Waals surface area contributed by atoms with Gasteiger partial charge in [0.15, 0.2) is 0 Å². The Labute approximate surface area is 310 Å². The summed E-state index contributed by atoms with van der Waals surface area (Å²) in [6.45, 7) is 4.69. The molecule has 10 rings (SSSR count). The number of benzene rings is 7. The monoisotopic (exact) mass is 679 g/mol. The number of pyridine rings is 1. The Bertz CT molecular complexity index is 2780. The molecule has 0 amide bonds. The number of rotatable bonds is 6. The molecule has 0 spiro atoms. The average Bonchev–Trinajstić information content (AvgIpc) is 3.73. The van der Waals surface area contributed by atoms with Gasteiger partial charge >= 0.3 is 0 Å². The number of hydrogen-bond donors (Lipinski definition) is 0. The van der Waals surface area contributed by atoms with Gasteiger partial charge in [-0.25, -0.2) is 4.52 Å². The van der Waals surface area contributed by atoms with Gasteiger partial charge in [0, 0.05) is 44.4 Å². The minimum atomic E-state index is -0.101. The summed E-state index contributed by atoms with van der Waals surface area (Å²) >= 11 is 0. The molecule has 3 heteroatoms. The summed E-state index contributed by atoms with van der Waals surface area (Å²) in [6.07, 6.45) is 0. The lowest BCUT2D eigenvalue weighted by atomic mass is 9.82. The molecule has 0 unspecified atom stereocenters. The first-order valence-corrected chi connectivity index (χ1v) is 18.3. The van der Waals surface area contributed by atoms with Crippen molar-refractivity contribution in [1.29, 1.82) is 0 Å². The number of fused-ring (bicyclic) bond motifs is 6. The Hall–Kier alpha value is -6.71. The predicted molar refractivity (Wildman–Crippen MR) is 221 cm³/mol. The third kappa shape index (κ3) is 4.92. The topological polar surface area (TPSA) is 20.5 Å². The Kier molecular flexibility index (Phi) is 7.16. The Morgan fingerprint density at radius 3 is 1.81 bits per heavy atom. The Balaban J connectivity index is 1.28. The molecule has 0 atom stereocenters. The first kappa shape index (κ1) is 31.1. The van der Waals surface area contributed by atoms with Crippen LogP contribution in [0.1, 0.15) is 25.0 Å². The second-order valence-electron chi connectivity index (χ2n) is 14.4. The summed E-state index contributed by atoms with van der Waals surface area (Å²) in [7, 11) is 0. The van der Waals surface area contributed by atoms with Crippen LogP contribution in [0.25, 0.3) is 61.1 Å². The van der Waals surface area contributed by atoms with Crippen molar-refractivity contribution < 1.29 is 0 Å². The summed E-state index contributed by atoms with van der Waals surface area (Å²) in [5.41, 5.74) is 16.2. The summed E-state index contributed by atoms with van der Waals surface area (Å²) in [5.74, 6) is 0. The molecule has 53 heavy (non-hydrogen) atoms. The van der Waals surface area contributed by atoms with Crippen molar-refractivity contribution in [2.45, 2.75) is 19.3 Å². The van der Waals surface area contributed by atoms with Gasteiger partial charge in [-0.15, -0.1) is 0 Å². The lowest BCUT2D eigenvalue weighted by Crippen LogP contribution is -2.16. The minimum absolute atomic E-state index is 0.101. The van der Waals surface area contributed by atoms with Crippen LogP contribution in [0.15, 0.2) is 188 Å². The van der Waals surface area contributed by atoms with Crippen LogP contribution in [0.2, 0.25) is 0 Å². The van der Waals surface area contributed by atoms with Crippen molar-refractivity contribution in [2.24, 2.45) is 0 Å². The number of nitrogens with zero attached hydrogens (tertiary/aromatic N) is 3. The zero-order valence-corrected chi connectivity index (χ0v) is 29.7. The van der Waals surface area contributed by atoms with Crippen LogP contribution >= 0.6 is 0 Å². The number of para-hydroxylation sites is 1. The molecule has 0 bridgehead atoms. The van der Waals surface area contributed by atoms with E-state index in [9.17, 15) is 0 Å². The van der Waals surface area contributed by atoms with Gasteiger partial charge in [-0.2, -0.15) is 5.10 Å². The van der Waals surface area contributed by atoms with E-state index in [1.165, 1.54) is 27.9 Å². The molecule has 0 fully saturated rings. The minimum Gasteiger partial charge on any atom is -0.310 e. The molecule has 1 aliphatic carbocycles. The molecule has 7 aromatic carbocycles. The molecule has 2 heterocycles. The molecule has 0 radical (unpaired) electrons. The van der Waals surface area contributed by atoms with E-state index in [2.05, 4.69) is 211 Å². The van der Waals surface area contributed by atoms with E-state index in [1.54, 1.807) is 0 Å². The summed E-state index contributed by atoms with van der Waals surface area (Å²) in [4.78, 5) is 2.44. The second-order valence-corrected chi connectivity index (χ2v) is 14.4. The first-order valence-electron chi connectivity index (χ1n) is 18.3. The smallest absolute Gasteiger partial charge is 0.101 e. The van der Waals surface area contributed by atoms with Gasteiger partial charge in [-0.3, -0.25) is 0 Å². The highest BCUT2D eigenvalue weighted by Crippen LogP contribution is 2.54. The third-order valence-corrected chi connectivity index (χ3v) is 11.0. The van der Waals surface area contributed by atoms with Crippen molar-refractivity contribution in [3.8, 4) is 44.8 Å². The summed E-state index contributed by atoms with van der Waals surface area (Å²) in [5, 5.41) is 7.72. The van der Waals surface area contributed by atoms with Crippen LogP contribution < -0.4 is 4.90 Å². The normalized spacial score (nSPS) is 12.9. The first-order chi connectivity index (χ1) is 26.1. The van der Waals surface area contributed by atoms with E-state index in [1.807, 2.05) is 0 Å². The maximum absolute atomic E-state index is 5.42. The van der Waals surface area contributed by atoms with Crippen LogP contribution in [0, 0.1) is 0 Å². The van der Waals surface area contributed by atoms with Gasteiger partial charge in [0.05, 0.1) is 16.9 Å². The van der Waals surface area contributed by atoms with E-state index in [4.69, 9.17) is 5.10 Å². The van der Waals surface area contributed by atoms with Crippen LogP contribution in [0.3, 0.4) is 0 Å². The molecule has 2 aromatic heterocycles. The van der Waals surface area contributed by atoms with Gasteiger partial charge in [0.2, 0.25) is 0 Å². The molecule has 0 saturated carbocycles. The molecule has 0 aliphatic heterocycles. The van der Waals surface area contributed by atoms with E-state index >= 15 is 0 Å². The third-order valence-electron chi connectivity index (χ3n) is 11.0. The van der Waals surface area contributed by atoms with E-state index in [0.717, 1.165) is 61.3 Å². The van der Waals surface area contributed by atoms with Crippen LogP contribution in [0.5, 0.6) is 0 Å². The molecule has 9 aromatic rings. The van der Waals surface area contributed by atoms with Crippen molar-refractivity contribution in [3.63, 3.8) is 0 Å². The number of hydrogen-bond acceptors (Lipinski definition) is 2. The molecule has 3 nitrogen and oxygen atoms in total. The van der Waals surface area contributed by atoms with Crippen molar-refractivity contribution in [1.82, 2.24) is 9.61 Å². The molecular weight excluding hydrogens is 643 g/mol. The van der Waals surface area contributed by atoms with Crippen molar-refractivity contribution in [3.05, 3.63) is 199 Å². The lowest BCUT2D eigenvalue weighted by Gasteiger charge is -2.29. The fourth-order valence-electron chi connectivity index (χ4n) is 8.49. The van der Waals surface area contributed by atoms with Crippen LogP contribution in [0.4, 0.5) is 17.1 Å². The highest BCUT2D eigenvalue weighted by molar-refractivity contribution is 6.10. The largest absolute Gasteiger partial charge is 0.310 e. The number of anilines is 3. The highest BCUT2D eigenvalue weighted by Gasteiger charge is 2.37. The van der Waals surface area contributed by atoms with E-state index in [-0.39, 0.29) is 5.41 Å². The Morgan fingerprint density at radius 1 is 0.491 bits per heavy atom.